The van der Waals surface area contributed by atoms with Gasteiger partial charge in [-0.05, 0) is 129 Å². The van der Waals surface area contributed by atoms with Crippen LogP contribution >= 0.6 is 0 Å². The zero-order valence-electron chi connectivity index (χ0n) is 34.3. The molecule has 3 aromatic rings. The fourth-order valence-electron chi connectivity index (χ4n) is 10.0. The summed E-state index contributed by atoms with van der Waals surface area (Å²) in [4.78, 5) is 41.7. The maximum absolute atomic E-state index is 12.3. The summed E-state index contributed by atoms with van der Waals surface area (Å²) in [7, 11) is 0. The molecule has 4 fully saturated rings. The van der Waals surface area contributed by atoms with Gasteiger partial charge in [-0.3, -0.25) is 24.2 Å². The molecule has 318 valence electrons. The lowest BCUT2D eigenvalue weighted by Crippen LogP contribution is -2.54. The predicted molar refractivity (Wildman–Crippen MR) is 226 cm³/mol. The molecule has 4 aliphatic rings. The number of carboxylic acid groups (broad SMARTS) is 3. The third-order valence-electron chi connectivity index (χ3n) is 13.4. The highest BCUT2D eigenvalue weighted by molar-refractivity contribution is 5.72. The minimum Gasteiger partial charge on any atom is -0.481 e. The van der Waals surface area contributed by atoms with Gasteiger partial charge in [0.15, 0.2) is 0 Å². The highest BCUT2D eigenvalue weighted by Crippen LogP contribution is 2.28. The van der Waals surface area contributed by atoms with Crippen molar-refractivity contribution in [3.63, 3.8) is 0 Å². The van der Waals surface area contributed by atoms with Crippen molar-refractivity contribution >= 4 is 17.9 Å². The lowest BCUT2D eigenvalue weighted by Gasteiger charge is -2.41. The van der Waals surface area contributed by atoms with Gasteiger partial charge in [0.25, 0.3) is 0 Å². The third-order valence-corrected chi connectivity index (χ3v) is 13.4. The average molecular weight is 810 g/mol. The first-order valence-corrected chi connectivity index (χ1v) is 21.8. The van der Waals surface area contributed by atoms with Gasteiger partial charge in [0, 0.05) is 38.8 Å². The van der Waals surface area contributed by atoms with Crippen molar-refractivity contribution in [3.05, 3.63) is 106 Å². The largest absolute Gasteiger partial charge is 0.481 e. The fraction of sp³-hybridized carbons (Fsp3) is 0.553. The molecule has 6 N–H and O–H groups in total. The molecule has 7 unspecified atom stereocenters. The molecular formula is C47H63N5O7. The molecular weight excluding hydrogens is 747 g/mol. The van der Waals surface area contributed by atoms with Crippen LogP contribution < -0.4 is 16.0 Å². The van der Waals surface area contributed by atoms with Crippen LogP contribution in [-0.4, -0.2) is 115 Å². The normalized spacial score (nSPS) is 24.2. The number of piperazine rings is 1. The predicted octanol–water partition coefficient (Wildman–Crippen LogP) is 4.15. The van der Waals surface area contributed by atoms with E-state index in [2.05, 4.69) is 80.3 Å². The first-order chi connectivity index (χ1) is 28.7. The lowest BCUT2D eigenvalue weighted by molar-refractivity contribution is -0.144. The SMILES string of the molecule is O=C(O)C(Cc1cccc(COCC2CN(Cc3cccc(CC(C(=O)O)C4CCNC4)c3)CCN2Cc2cccc(CC(C(=O)O)C3CCNC3)c2)c1)C1CCNC1. The van der Waals surface area contributed by atoms with Crippen molar-refractivity contribution in [2.45, 2.75) is 64.3 Å². The molecule has 0 aromatic heterocycles. The molecule has 0 radical (unpaired) electrons. The van der Waals surface area contributed by atoms with Gasteiger partial charge in [0.05, 0.1) is 31.0 Å². The second-order valence-electron chi connectivity index (χ2n) is 17.5. The smallest absolute Gasteiger partial charge is 0.307 e. The topological polar surface area (TPSA) is 164 Å². The van der Waals surface area contributed by atoms with Crippen molar-refractivity contribution in [2.24, 2.45) is 35.5 Å². The van der Waals surface area contributed by atoms with Crippen molar-refractivity contribution in [1.82, 2.24) is 25.8 Å². The summed E-state index contributed by atoms with van der Waals surface area (Å²) in [5.74, 6) is -3.00. The Hall–Kier alpha value is -4.17. The molecule has 4 heterocycles. The molecule has 12 heteroatoms. The van der Waals surface area contributed by atoms with Gasteiger partial charge < -0.3 is 36.0 Å². The van der Waals surface area contributed by atoms with Crippen LogP contribution in [0.3, 0.4) is 0 Å². The van der Waals surface area contributed by atoms with E-state index in [0.29, 0.717) is 32.5 Å². The number of hydrogen-bond donors (Lipinski definition) is 6. The van der Waals surface area contributed by atoms with Gasteiger partial charge in [0.1, 0.15) is 0 Å². The Morgan fingerprint density at radius 2 is 1.02 bits per heavy atom. The Morgan fingerprint density at radius 3 is 1.46 bits per heavy atom. The van der Waals surface area contributed by atoms with E-state index in [1.807, 2.05) is 18.2 Å². The fourth-order valence-corrected chi connectivity index (χ4v) is 10.0. The Balaban J connectivity index is 1.02. The van der Waals surface area contributed by atoms with E-state index >= 15 is 0 Å². The van der Waals surface area contributed by atoms with Crippen LogP contribution in [0.25, 0.3) is 0 Å². The molecule has 59 heavy (non-hydrogen) atoms. The van der Waals surface area contributed by atoms with Crippen LogP contribution in [0.5, 0.6) is 0 Å². The molecule has 0 aliphatic carbocycles. The maximum atomic E-state index is 12.3. The lowest BCUT2D eigenvalue weighted by atomic mass is 9.86. The van der Waals surface area contributed by atoms with Crippen molar-refractivity contribution in [3.8, 4) is 0 Å². The first-order valence-electron chi connectivity index (χ1n) is 21.8. The average Bonchev–Trinajstić information content (AvgIpc) is 4.05. The van der Waals surface area contributed by atoms with Gasteiger partial charge in [-0.2, -0.15) is 0 Å². The summed E-state index contributed by atoms with van der Waals surface area (Å²) in [5, 5.41) is 40.1. The number of nitrogens with zero attached hydrogens (tertiary/aromatic N) is 2. The van der Waals surface area contributed by atoms with Crippen LogP contribution in [0.1, 0.15) is 52.6 Å². The van der Waals surface area contributed by atoms with Crippen molar-refractivity contribution < 1.29 is 34.4 Å². The van der Waals surface area contributed by atoms with Crippen LogP contribution in [0.4, 0.5) is 0 Å². The number of ether oxygens (including phenoxy) is 1. The van der Waals surface area contributed by atoms with E-state index < -0.39 is 35.7 Å². The number of carboxylic acids is 3. The third kappa shape index (κ3) is 12.0. The molecule has 0 amide bonds. The molecule has 7 atom stereocenters. The second kappa shape index (κ2) is 20.9. The Kier molecular flexibility index (Phi) is 15.2. The molecule has 0 bridgehead atoms. The zero-order chi connectivity index (χ0) is 41.1. The van der Waals surface area contributed by atoms with Gasteiger partial charge in [-0.25, -0.2) is 0 Å². The van der Waals surface area contributed by atoms with Crippen molar-refractivity contribution in [2.75, 3.05) is 65.5 Å². The molecule has 3 aromatic carbocycles. The van der Waals surface area contributed by atoms with Gasteiger partial charge >= 0.3 is 17.9 Å². The number of benzene rings is 3. The summed E-state index contributed by atoms with van der Waals surface area (Å²) in [6.45, 7) is 9.77. The van der Waals surface area contributed by atoms with Crippen LogP contribution in [-0.2, 0) is 58.1 Å². The summed E-state index contributed by atoms with van der Waals surface area (Å²) in [5.41, 5.74) is 6.49. The quantitative estimate of drug-likeness (QED) is 0.0969. The van der Waals surface area contributed by atoms with Crippen LogP contribution in [0.2, 0.25) is 0 Å². The Morgan fingerprint density at radius 1 is 0.593 bits per heavy atom. The second-order valence-corrected chi connectivity index (χ2v) is 17.5. The number of hydrogen-bond acceptors (Lipinski definition) is 9. The summed E-state index contributed by atoms with van der Waals surface area (Å²) in [6, 6.07) is 25.1. The molecule has 4 saturated heterocycles. The standard InChI is InChI=1S/C47H63N5O7/c53-45(54)42(38-10-13-48-24-38)21-32-4-1-7-35(18-32)27-51-16-17-52(28-36-8-2-5-33(19-36)22-43(46(55)56)39-11-14-49-25-39)41(29-51)31-59-30-37-9-3-6-34(20-37)23-44(47(57)58)40-12-15-50-26-40/h1-9,18-20,38-44,48-50H,10-17,21-31H2,(H,53,54)(H,55,56)(H,57,58). The zero-order valence-corrected chi connectivity index (χ0v) is 34.3. The van der Waals surface area contributed by atoms with E-state index in [-0.39, 0.29) is 23.8 Å². The van der Waals surface area contributed by atoms with Gasteiger partial charge in [0.2, 0.25) is 0 Å². The summed E-state index contributed by atoms with van der Waals surface area (Å²) in [6.07, 6.45) is 4.21. The van der Waals surface area contributed by atoms with E-state index in [1.165, 1.54) is 5.56 Å². The Labute approximate surface area is 348 Å². The van der Waals surface area contributed by atoms with E-state index in [4.69, 9.17) is 4.74 Å². The molecule has 7 rings (SSSR count). The Bertz CT molecular complexity index is 1860. The summed E-state index contributed by atoms with van der Waals surface area (Å²) >= 11 is 0. The molecule has 0 saturated carbocycles. The van der Waals surface area contributed by atoms with Crippen LogP contribution in [0.15, 0.2) is 72.8 Å². The number of carbonyl (C=O) groups is 3. The van der Waals surface area contributed by atoms with Crippen LogP contribution in [0, 0.1) is 35.5 Å². The first kappa shape index (κ1) is 42.9. The van der Waals surface area contributed by atoms with Gasteiger partial charge in [-0.15, -0.1) is 0 Å². The highest BCUT2D eigenvalue weighted by Gasteiger charge is 2.33. The summed E-state index contributed by atoms with van der Waals surface area (Å²) < 4.78 is 6.50. The number of nitrogens with one attached hydrogen (secondary N) is 3. The van der Waals surface area contributed by atoms with Gasteiger partial charge in [-0.1, -0.05) is 72.8 Å². The molecule has 12 nitrogen and oxygen atoms in total. The van der Waals surface area contributed by atoms with E-state index in [1.54, 1.807) is 0 Å². The molecule has 4 aliphatic heterocycles. The van der Waals surface area contributed by atoms with E-state index in [0.717, 1.165) is 119 Å². The van der Waals surface area contributed by atoms with Crippen molar-refractivity contribution in [1.29, 1.82) is 0 Å². The van der Waals surface area contributed by atoms with E-state index in [9.17, 15) is 29.7 Å². The number of rotatable bonds is 20. The minimum atomic E-state index is -0.738. The number of aliphatic carboxylic acids is 3. The monoisotopic (exact) mass is 809 g/mol. The molecule has 0 spiro atoms. The highest BCUT2D eigenvalue weighted by atomic mass is 16.5. The maximum Gasteiger partial charge on any atom is 0.307 e. The minimum absolute atomic E-state index is 0.0904.